The lowest BCUT2D eigenvalue weighted by molar-refractivity contribution is 0.295. The van der Waals surface area contributed by atoms with Gasteiger partial charge >= 0.3 is 0 Å². The standard InChI is InChI=1S/C20H20F2O/c1-3-5-15-6-8-16(9-7-15)10-11-17-12-13-18(23-14-4-2)20(22)19(17)21/h6-9,12-13H,3-5,14H2,1-2H3. The predicted octanol–water partition coefficient (Wildman–Crippen LogP) is 5.11. The van der Waals surface area contributed by atoms with E-state index >= 15 is 0 Å². The molecule has 0 aromatic heterocycles. The fourth-order valence-electron chi connectivity index (χ4n) is 2.13. The summed E-state index contributed by atoms with van der Waals surface area (Å²) in [4.78, 5) is 0. The first-order chi connectivity index (χ1) is 11.2. The van der Waals surface area contributed by atoms with Crippen LogP contribution in [0, 0.1) is 23.5 Å². The number of hydrogen-bond acceptors (Lipinski definition) is 1. The molecule has 0 fully saturated rings. The van der Waals surface area contributed by atoms with Crippen LogP contribution in [0.3, 0.4) is 0 Å². The van der Waals surface area contributed by atoms with Crippen molar-refractivity contribution in [3.8, 4) is 17.6 Å². The van der Waals surface area contributed by atoms with E-state index in [-0.39, 0.29) is 11.3 Å². The Morgan fingerprint density at radius 2 is 1.61 bits per heavy atom. The maximum Gasteiger partial charge on any atom is 0.201 e. The third-order valence-corrected chi connectivity index (χ3v) is 3.34. The van der Waals surface area contributed by atoms with Gasteiger partial charge in [0, 0.05) is 5.56 Å². The maximum absolute atomic E-state index is 14.0. The van der Waals surface area contributed by atoms with Crippen LogP contribution < -0.4 is 4.74 Å². The van der Waals surface area contributed by atoms with E-state index in [2.05, 4.69) is 18.8 Å². The number of aryl methyl sites for hydroxylation is 1. The predicted molar refractivity (Wildman–Crippen MR) is 88.6 cm³/mol. The van der Waals surface area contributed by atoms with Crippen LogP contribution in [0.2, 0.25) is 0 Å². The van der Waals surface area contributed by atoms with Crippen molar-refractivity contribution in [2.75, 3.05) is 6.61 Å². The summed E-state index contributed by atoms with van der Waals surface area (Å²) in [5, 5.41) is 0. The van der Waals surface area contributed by atoms with E-state index in [0.29, 0.717) is 6.61 Å². The van der Waals surface area contributed by atoms with Gasteiger partial charge in [-0.1, -0.05) is 44.2 Å². The first-order valence-corrected chi connectivity index (χ1v) is 7.87. The van der Waals surface area contributed by atoms with E-state index in [0.717, 1.165) is 24.8 Å². The van der Waals surface area contributed by atoms with E-state index in [1.165, 1.54) is 17.7 Å². The van der Waals surface area contributed by atoms with Crippen LogP contribution in [-0.4, -0.2) is 6.61 Å². The number of benzene rings is 2. The molecule has 0 radical (unpaired) electrons. The topological polar surface area (TPSA) is 9.23 Å². The lowest BCUT2D eigenvalue weighted by atomic mass is 10.1. The monoisotopic (exact) mass is 314 g/mol. The molecule has 23 heavy (non-hydrogen) atoms. The van der Waals surface area contributed by atoms with Gasteiger partial charge in [-0.3, -0.25) is 0 Å². The molecule has 0 saturated heterocycles. The molecule has 2 rings (SSSR count). The summed E-state index contributed by atoms with van der Waals surface area (Å²) < 4.78 is 33.0. The SMILES string of the molecule is CCCOc1ccc(C#Cc2ccc(CCC)cc2)c(F)c1F. The minimum absolute atomic E-state index is 0.0315. The molecule has 1 nitrogen and oxygen atoms in total. The Morgan fingerprint density at radius 3 is 2.26 bits per heavy atom. The lowest BCUT2D eigenvalue weighted by Gasteiger charge is -2.06. The molecule has 120 valence electrons. The van der Waals surface area contributed by atoms with Gasteiger partial charge in [0.25, 0.3) is 0 Å². The first kappa shape index (κ1) is 17.0. The van der Waals surface area contributed by atoms with Gasteiger partial charge in [-0.25, -0.2) is 4.39 Å². The zero-order chi connectivity index (χ0) is 16.7. The molecule has 0 N–H and O–H groups in total. The number of halogens is 2. The fraction of sp³-hybridized carbons (Fsp3) is 0.300. The van der Waals surface area contributed by atoms with Crippen molar-refractivity contribution in [1.29, 1.82) is 0 Å². The van der Waals surface area contributed by atoms with Crippen molar-refractivity contribution < 1.29 is 13.5 Å². The van der Waals surface area contributed by atoms with Gasteiger partial charge in [-0.2, -0.15) is 4.39 Å². The quantitative estimate of drug-likeness (QED) is 0.697. The fourth-order valence-corrected chi connectivity index (χ4v) is 2.13. The third-order valence-electron chi connectivity index (χ3n) is 3.34. The highest BCUT2D eigenvalue weighted by Crippen LogP contribution is 2.22. The second kappa shape index (κ2) is 8.33. The Bertz CT molecular complexity index is 709. The highest BCUT2D eigenvalue weighted by Gasteiger charge is 2.13. The normalized spacial score (nSPS) is 10.1. The molecule has 0 aliphatic rings. The van der Waals surface area contributed by atoms with Crippen molar-refractivity contribution in [1.82, 2.24) is 0 Å². The molecule has 0 saturated carbocycles. The Balaban J connectivity index is 2.19. The number of rotatable bonds is 5. The van der Waals surface area contributed by atoms with Crippen LogP contribution in [0.5, 0.6) is 5.75 Å². The van der Waals surface area contributed by atoms with Crippen LogP contribution in [0.25, 0.3) is 0 Å². The van der Waals surface area contributed by atoms with Gasteiger partial charge in [0.1, 0.15) is 0 Å². The zero-order valence-electron chi connectivity index (χ0n) is 13.5. The molecule has 2 aromatic rings. The molecule has 0 unspecified atom stereocenters. The van der Waals surface area contributed by atoms with E-state index in [9.17, 15) is 8.78 Å². The van der Waals surface area contributed by atoms with Gasteiger partial charge < -0.3 is 4.74 Å². The lowest BCUT2D eigenvalue weighted by Crippen LogP contribution is -2.00. The van der Waals surface area contributed by atoms with Crippen molar-refractivity contribution >= 4 is 0 Å². The average Bonchev–Trinajstić information content (AvgIpc) is 2.57. The van der Waals surface area contributed by atoms with Crippen molar-refractivity contribution in [3.05, 3.63) is 64.7 Å². The van der Waals surface area contributed by atoms with E-state index in [1.54, 1.807) is 0 Å². The van der Waals surface area contributed by atoms with E-state index in [4.69, 9.17) is 4.74 Å². The Labute approximate surface area is 136 Å². The summed E-state index contributed by atoms with van der Waals surface area (Å²) in [6.07, 6.45) is 2.84. The molecule has 3 heteroatoms. The summed E-state index contributed by atoms with van der Waals surface area (Å²) in [6, 6.07) is 10.7. The minimum atomic E-state index is -0.983. The Morgan fingerprint density at radius 1 is 0.870 bits per heavy atom. The van der Waals surface area contributed by atoms with E-state index in [1.807, 2.05) is 31.2 Å². The van der Waals surface area contributed by atoms with Crippen LogP contribution in [0.1, 0.15) is 43.4 Å². The van der Waals surface area contributed by atoms with Crippen molar-refractivity contribution in [2.24, 2.45) is 0 Å². The summed E-state index contributed by atoms with van der Waals surface area (Å²) in [7, 11) is 0. The first-order valence-electron chi connectivity index (χ1n) is 7.87. The van der Waals surface area contributed by atoms with Crippen LogP contribution in [0.4, 0.5) is 8.78 Å². The molecular weight excluding hydrogens is 294 g/mol. The van der Waals surface area contributed by atoms with Gasteiger partial charge in [-0.15, -0.1) is 0 Å². The van der Waals surface area contributed by atoms with Gasteiger partial charge in [0.05, 0.1) is 12.2 Å². The van der Waals surface area contributed by atoms with Gasteiger partial charge in [-0.05, 0) is 42.7 Å². The zero-order valence-corrected chi connectivity index (χ0v) is 13.5. The molecule has 0 amide bonds. The molecule has 0 atom stereocenters. The molecule has 0 bridgehead atoms. The Kier molecular flexibility index (Phi) is 6.17. The number of hydrogen-bond donors (Lipinski definition) is 0. The van der Waals surface area contributed by atoms with Gasteiger partial charge in [0.2, 0.25) is 5.82 Å². The average molecular weight is 314 g/mol. The van der Waals surface area contributed by atoms with E-state index < -0.39 is 11.6 Å². The summed E-state index contributed by atoms with van der Waals surface area (Å²) in [6.45, 7) is 4.38. The molecule has 2 aromatic carbocycles. The van der Waals surface area contributed by atoms with Crippen LogP contribution >= 0.6 is 0 Å². The second-order valence-corrected chi connectivity index (χ2v) is 5.28. The molecule has 0 spiro atoms. The second-order valence-electron chi connectivity index (χ2n) is 5.28. The number of ether oxygens (including phenoxy) is 1. The molecular formula is C20H20F2O. The van der Waals surface area contributed by atoms with Crippen molar-refractivity contribution in [3.63, 3.8) is 0 Å². The maximum atomic E-state index is 14.0. The van der Waals surface area contributed by atoms with Crippen LogP contribution in [0.15, 0.2) is 36.4 Å². The highest BCUT2D eigenvalue weighted by atomic mass is 19.2. The Hall–Kier alpha value is -2.34. The van der Waals surface area contributed by atoms with Crippen molar-refractivity contribution in [2.45, 2.75) is 33.1 Å². The third kappa shape index (κ3) is 4.56. The summed E-state index contributed by atoms with van der Waals surface area (Å²) in [5.74, 6) is 3.53. The molecule has 0 heterocycles. The smallest absolute Gasteiger partial charge is 0.201 e. The summed E-state index contributed by atoms with van der Waals surface area (Å²) >= 11 is 0. The molecule has 0 aliphatic heterocycles. The molecule has 0 aliphatic carbocycles. The van der Waals surface area contributed by atoms with Gasteiger partial charge in [0.15, 0.2) is 11.6 Å². The summed E-state index contributed by atoms with van der Waals surface area (Å²) in [5.41, 5.74) is 2.05. The largest absolute Gasteiger partial charge is 0.490 e. The minimum Gasteiger partial charge on any atom is -0.490 e. The van der Waals surface area contributed by atoms with Crippen LogP contribution in [-0.2, 0) is 6.42 Å². The highest BCUT2D eigenvalue weighted by molar-refractivity contribution is 5.46.